The van der Waals surface area contributed by atoms with E-state index in [0.717, 1.165) is 35.6 Å². The van der Waals surface area contributed by atoms with Crippen LogP contribution in [0, 0.1) is 17.1 Å². The normalized spacial score (nSPS) is 11.1. The molecule has 1 heterocycles. The van der Waals surface area contributed by atoms with Crippen LogP contribution < -0.4 is 11.1 Å². The minimum absolute atomic E-state index is 0.0395. The Morgan fingerprint density at radius 2 is 1.82 bits per heavy atom. The standard InChI is InChI=1S/C19H11F4N3OS/c20-12-6-4-10(5-7-12)16(27)17-15(25)14(9-24)18(28-17)26-13-3-1-2-11(8-13)19(21,22)23/h1-8,26H,25H2. The van der Waals surface area contributed by atoms with Crippen molar-refractivity contribution in [1.29, 1.82) is 5.26 Å². The molecule has 0 aliphatic rings. The maximum Gasteiger partial charge on any atom is 0.416 e. The third-order valence-electron chi connectivity index (χ3n) is 3.82. The van der Waals surface area contributed by atoms with Crippen molar-refractivity contribution in [3.8, 4) is 6.07 Å². The molecule has 1 aromatic heterocycles. The maximum atomic E-state index is 13.0. The smallest absolute Gasteiger partial charge is 0.396 e. The molecular formula is C19H11F4N3OS. The van der Waals surface area contributed by atoms with Gasteiger partial charge in [0.15, 0.2) is 0 Å². The lowest BCUT2D eigenvalue weighted by Gasteiger charge is -2.09. The maximum absolute atomic E-state index is 13.0. The number of nitrogen functional groups attached to an aromatic ring is 1. The second-order valence-corrected chi connectivity index (χ2v) is 6.72. The first-order chi connectivity index (χ1) is 13.2. The van der Waals surface area contributed by atoms with Gasteiger partial charge in [0.2, 0.25) is 5.78 Å². The number of hydrogen-bond donors (Lipinski definition) is 2. The van der Waals surface area contributed by atoms with Gasteiger partial charge in [0, 0.05) is 11.3 Å². The summed E-state index contributed by atoms with van der Waals surface area (Å²) in [5.74, 6) is -1.03. The van der Waals surface area contributed by atoms with Gasteiger partial charge in [-0.2, -0.15) is 18.4 Å². The molecule has 142 valence electrons. The lowest BCUT2D eigenvalue weighted by Crippen LogP contribution is -2.05. The number of rotatable bonds is 4. The average molecular weight is 405 g/mol. The molecule has 0 unspecified atom stereocenters. The molecule has 3 N–H and O–H groups in total. The van der Waals surface area contributed by atoms with Crippen molar-refractivity contribution < 1.29 is 22.4 Å². The largest absolute Gasteiger partial charge is 0.416 e. The number of ketones is 1. The first-order valence-electron chi connectivity index (χ1n) is 7.77. The summed E-state index contributed by atoms with van der Waals surface area (Å²) < 4.78 is 51.7. The molecule has 3 aromatic rings. The van der Waals surface area contributed by atoms with Gasteiger partial charge in [-0.25, -0.2) is 4.39 Å². The summed E-state index contributed by atoms with van der Waals surface area (Å²) in [6.45, 7) is 0. The van der Waals surface area contributed by atoms with Crippen LogP contribution in [0.4, 0.5) is 33.9 Å². The molecular weight excluding hydrogens is 394 g/mol. The third kappa shape index (κ3) is 3.82. The SMILES string of the molecule is N#Cc1c(Nc2cccc(C(F)(F)F)c2)sc(C(=O)c2ccc(F)cc2)c1N. The zero-order valence-corrected chi connectivity index (χ0v) is 14.8. The van der Waals surface area contributed by atoms with Gasteiger partial charge < -0.3 is 11.1 Å². The zero-order valence-electron chi connectivity index (χ0n) is 14.0. The quantitative estimate of drug-likeness (QED) is 0.454. The number of anilines is 3. The fourth-order valence-electron chi connectivity index (χ4n) is 2.45. The number of nitrogens with zero attached hydrogens (tertiary/aromatic N) is 1. The van der Waals surface area contributed by atoms with Crippen molar-refractivity contribution in [1.82, 2.24) is 0 Å². The molecule has 0 saturated carbocycles. The Labute approximate surface area is 160 Å². The Morgan fingerprint density at radius 3 is 2.43 bits per heavy atom. The first-order valence-corrected chi connectivity index (χ1v) is 8.59. The molecule has 9 heteroatoms. The van der Waals surface area contributed by atoms with Crippen molar-refractivity contribution in [3.05, 3.63) is 75.9 Å². The summed E-state index contributed by atoms with van der Waals surface area (Å²) in [5.41, 5.74) is 5.18. The van der Waals surface area contributed by atoms with E-state index in [0.29, 0.717) is 0 Å². The molecule has 0 saturated heterocycles. The van der Waals surface area contributed by atoms with Gasteiger partial charge in [0.05, 0.1) is 11.3 Å². The number of carbonyl (C=O) groups excluding carboxylic acids is 1. The molecule has 0 amide bonds. The Balaban J connectivity index is 1.98. The molecule has 3 rings (SSSR count). The fourth-order valence-corrected chi connectivity index (χ4v) is 3.50. The summed E-state index contributed by atoms with van der Waals surface area (Å²) in [6.07, 6.45) is -4.52. The predicted molar refractivity (Wildman–Crippen MR) is 98.0 cm³/mol. The van der Waals surface area contributed by atoms with Crippen molar-refractivity contribution >= 4 is 33.5 Å². The number of thiophene rings is 1. The zero-order chi connectivity index (χ0) is 20.5. The average Bonchev–Trinajstić information content (AvgIpc) is 2.96. The number of nitrogens with one attached hydrogen (secondary N) is 1. The Morgan fingerprint density at radius 1 is 1.14 bits per heavy atom. The van der Waals surface area contributed by atoms with Crippen LogP contribution in [0.15, 0.2) is 48.5 Å². The van der Waals surface area contributed by atoms with Crippen LogP contribution in [0.1, 0.15) is 26.4 Å². The van der Waals surface area contributed by atoms with Crippen LogP contribution in [0.3, 0.4) is 0 Å². The molecule has 0 atom stereocenters. The molecule has 0 spiro atoms. The van der Waals surface area contributed by atoms with Crippen molar-refractivity contribution in [2.75, 3.05) is 11.1 Å². The van der Waals surface area contributed by atoms with Crippen LogP contribution in [0.5, 0.6) is 0 Å². The van der Waals surface area contributed by atoms with Gasteiger partial charge in [-0.15, -0.1) is 11.3 Å². The van der Waals surface area contributed by atoms with E-state index in [-0.39, 0.29) is 32.4 Å². The van der Waals surface area contributed by atoms with Gasteiger partial charge in [0.25, 0.3) is 0 Å². The minimum Gasteiger partial charge on any atom is -0.396 e. The highest BCUT2D eigenvalue weighted by Crippen LogP contribution is 2.39. The summed E-state index contributed by atoms with van der Waals surface area (Å²) in [4.78, 5) is 12.7. The second-order valence-electron chi connectivity index (χ2n) is 5.70. The number of benzene rings is 2. The highest BCUT2D eigenvalue weighted by molar-refractivity contribution is 7.19. The van der Waals surface area contributed by atoms with E-state index in [1.54, 1.807) is 0 Å². The van der Waals surface area contributed by atoms with E-state index < -0.39 is 23.3 Å². The van der Waals surface area contributed by atoms with E-state index in [9.17, 15) is 27.6 Å². The number of nitriles is 1. The van der Waals surface area contributed by atoms with Crippen LogP contribution in [0.2, 0.25) is 0 Å². The number of hydrogen-bond acceptors (Lipinski definition) is 5. The van der Waals surface area contributed by atoms with E-state index in [4.69, 9.17) is 5.73 Å². The minimum atomic E-state index is -4.52. The fraction of sp³-hybridized carbons (Fsp3) is 0.0526. The molecule has 0 fully saturated rings. The Bertz CT molecular complexity index is 1080. The summed E-state index contributed by atoms with van der Waals surface area (Å²) in [7, 11) is 0. The summed E-state index contributed by atoms with van der Waals surface area (Å²) in [6, 6.07) is 11.1. The van der Waals surface area contributed by atoms with E-state index in [1.165, 1.54) is 24.3 Å². The molecule has 0 radical (unpaired) electrons. The molecule has 28 heavy (non-hydrogen) atoms. The molecule has 2 aromatic carbocycles. The number of nitrogens with two attached hydrogens (primary N) is 1. The topological polar surface area (TPSA) is 78.9 Å². The highest BCUT2D eigenvalue weighted by atomic mass is 32.1. The number of alkyl halides is 3. The Hall–Kier alpha value is -3.38. The van der Waals surface area contributed by atoms with Crippen molar-refractivity contribution in [2.24, 2.45) is 0 Å². The third-order valence-corrected chi connectivity index (χ3v) is 4.94. The second kappa shape index (κ2) is 7.32. The van der Waals surface area contributed by atoms with Gasteiger partial charge in [-0.3, -0.25) is 4.79 Å². The lowest BCUT2D eigenvalue weighted by atomic mass is 10.1. The highest BCUT2D eigenvalue weighted by Gasteiger charge is 2.30. The van der Waals surface area contributed by atoms with Crippen LogP contribution in [0.25, 0.3) is 0 Å². The van der Waals surface area contributed by atoms with Gasteiger partial charge >= 0.3 is 6.18 Å². The van der Waals surface area contributed by atoms with Gasteiger partial charge in [0.1, 0.15) is 27.3 Å². The van der Waals surface area contributed by atoms with Crippen LogP contribution in [-0.2, 0) is 6.18 Å². The van der Waals surface area contributed by atoms with Crippen LogP contribution >= 0.6 is 11.3 Å². The molecule has 0 bridgehead atoms. The summed E-state index contributed by atoms with van der Waals surface area (Å²) in [5, 5.41) is 12.2. The van der Waals surface area contributed by atoms with Gasteiger partial charge in [-0.1, -0.05) is 6.07 Å². The molecule has 0 aliphatic carbocycles. The van der Waals surface area contributed by atoms with E-state index >= 15 is 0 Å². The van der Waals surface area contributed by atoms with Crippen molar-refractivity contribution in [3.63, 3.8) is 0 Å². The molecule has 0 aliphatic heterocycles. The predicted octanol–water partition coefficient (Wildman–Crippen LogP) is 5.33. The van der Waals surface area contributed by atoms with E-state index in [2.05, 4.69) is 5.32 Å². The molecule has 4 nitrogen and oxygen atoms in total. The number of carbonyl (C=O) groups is 1. The van der Waals surface area contributed by atoms with Crippen molar-refractivity contribution in [2.45, 2.75) is 6.18 Å². The van der Waals surface area contributed by atoms with E-state index in [1.807, 2.05) is 6.07 Å². The lowest BCUT2D eigenvalue weighted by molar-refractivity contribution is -0.137. The van der Waals surface area contributed by atoms with Crippen LogP contribution in [-0.4, -0.2) is 5.78 Å². The van der Waals surface area contributed by atoms with Gasteiger partial charge in [-0.05, 0) is 42.5 Å². The monoisotopic (exact) mass is 405 g/mol. The first kappa shape index (κ1) is 19.4. The summed E-state index contributed by atoms with van der Waals surface area (Å²) >= 11 is 0.843. The number of halogens is 4. The Kier molecular flexibility index (Phi) is 5.07.